The van der Waals surface area contributed by atoms with E-state index in [-0.39, 0.29) is 23.8 Å². The van der Waals surface area contributed by atoms with E-state index in [1.807, 2.05) is 55.5 Å². The van der Waals surface area contributed by atoms with E-state index in [0.717, 1.165) is 29.0 Å². The van der Waals surface area contributed by atoms with Crippen LogP contribution >= 0.6 is 11.8 Å². The van der Waals surface area contributed by atoms with Crippen molar-refractivity contribution in [1.29, 1.82) is 0 Å². The SMILES string of the molecule is Cc1nc(CSc2ccccc2C(=O)NC(C)c2ccc(NC(=O)C3CC3)cc2)no1. The first-order valence-corrected chi connectivity index (χ1v) is 11.2. The van der Waals surface area contributed by atoms with E-state index < -0.39 is 0 Å². The molecule has 2 aromatic carbocycles. The van der Waals surface area contributed by atoms with Crippen LogP contribution in [0.1, 0.15) is 53.4 Å². The highest BCUT2D eigenvalue weighted by Gasteiger charge is 2.29. The van der Waals surface area contributed by atoms with Crippen LogP contribution in [0.3, 0.4) is 0 Å². The second-order valence-corrected chi connectivity index (χ2v) is 8.61. The fraction of sp³-hybridized carbons (Fsp3) is 0.304. The maximum absolute atomic E-state index is 12.9. The van der Waals surface area contributed by atoms with Crippen LogP contribution < -0.4 is 10.6 Å². The summed E-state index contributed by atoms with van der Waals surface area (Å²) in [7, 11) is 0. The number of nitrogens with one attached hydrogen (secondary N) is 2. The van der Waals surface area contributed by atoms with Crippen LogP contribution in [-0.4, -0.2) is 22.0 Å². The molecule has 1 aliphatic carbocycles. The van der Waals surface area contributed by atoms with E-state index in [0.29, 0.717) is 23.0 Å². The monoisotopic (exact) mass is 436 g/mol. The van der Waals surface area contributed by atoms with Crippen molar-refractivity contribution in [3.63, 3.8) is 0 Å². The zero-order valence-corrected chi connectivity index (χ0v) is 18.2. The number of rotatable bonds is 8. The Labute approximate surface area is 185 Å². The molecule has 3 aromatic rings. The Balaban J connectivity index is 1.37. The van der Waals surface area contributed by atoms with Crippen LogP contribution in [-0.2, 0) is 10.5 Å². The van der Waals surface area contributed by atoms with Gasteiger partial charge in [0.05, 0.1) is 17.4 Å². The standard InChI is InChI=1S/C23H24N4O3S/c1-14(16-9-11-18(12-10-16)26-22(28)17-7-8-17)24-23(29)19-5-3-4-6-20(19)31-13-21-25-15(2)30-27-21/h3-6,9-12,14,17H,7-8,13H2,1-2H3,(H,24,29)(H,26,28). The molecule has 1 atom stereocenters. The quantitative estimate of drug-likeness (QED) is 0.504. The van der Waals surface area contributed by atoms with E-state index in [9.17, 15) is 9.59 Å². The van der Waals surface area contributed by atoms with Crippen molar-refractivity contribution in [2.75, 3.05) is 5.32 Å². The summed E-state index contributed by atoms with van der Waals surface area (Å²) in [5.41, 5.74) is 2.34. The first-order valence-electron chi connectivity index (χ1n) is 10.2. The first-order chi connectivity index (χ1) is 15.0. The molecule has 7 nitrogen and oxygen atoms in total. The van der Waals surface area contributed by atoms with Crippen LogP contribution in [0.25, 0.3) is 0 Å². The third kappa shape index (κ3) is 5.52. The van der Waals surface area contributed by atoms with Gasteiger partial charge in [0, 0.05) is 23.4 Å². The van der Waals surface area contributed by atoms with Gasteiger partial charge in [-0.05, 0) is 49.6 Å². The lowest BCUT2D eigenvalue weighted by molar-refractivity contribution is -0.117. The number of anilines is 1. The minimum Gasteiger partial charge on any atom is -0.345 e. The summed E-state index contributed by atoms with van der Waals surface area (Å²) < 4.78 is 5.00. The summed E-state index contributed by atoms with van der Waals surface area (Å²) in [6.07, 6.45) is 1.95. The van der Waals surface area contributed by atoms with Gasteiger partial charge < -0.3 is 15.2 Å². The van der Waals surface area contributed by atoms with Crippen molar-refractivity contribution in [2.45, 2.75) is 43.4 Å². The van der Waals surface area contributed by atoms with Gasteiger partial charge in [-0.25, -0.2) is 0 Å². The molecule has 0 bridgehead atoms. The molecule has 1 fully saturated rings. The Kier molecular flexibility index (Phi) is 6.36. The third-order valence-corrected chi connectivity index (χ3v) is 6.10. The van der Waals surface area contributed by atoms with Gasteiger partial charge in [0.25, 0.3) is 5.91 Å². The molecule has 2 amide bonds. The molecule has 1 unspecified atom stereocenters. The van der Waals surface area contributed by atoms with Gasteiger partial charge in [0.1, 0.15) is 0 Å². The Hall–Kier alpha value is -3.13. The number of thioether (sulfide) groups is 1. The Morgan fingerprint density at radius 2 is 1.90 bits per heavy atom. The normalized spacial score (nSPS) is 14.1. The van der Waals surface area contributed by atoms with Crippen LogP contribution in [0.15, 0.2) is 57.9 Å². The fourth-order valence-electron chi connectivity index (χ4n) is 3.13. The number of carbonyl (C=O) groups is 2. The Morgan fingerprint density at radius 1 is 1.16 bits per heavy atom. The van der Waals surface area contributed by atoms with Gasteiger partial charge in [-0.15, -0.1) is 11.8 Å². The van der Waals surface area contributed by atoms with Crippen molar-refractivity contribution in [3.8, 4) is 0 Å². The summed E-state index contributed by atoms with van der Waals surface area (Å²) in [5.74, 6) is 1.74. The van der Waals surface area contributed by atoms with Crippen molar-refractivity contribution < 1.29 is 14.1 Å². The van der Waals surface area contributed by atoms with E-state index in [1.54, 1.807) is 6.92 Å². The van der Waals surface area contributed by atoms with Gasteiger partial charge in [0.15, 0.2) is 5.82 Å². The van der Waals surface area contributed by atoms with E-state index in [4.69, 9.17) is 4.52 Å². The molecule has 1 saturated carbocycles. The largest absolute Gasteiger partial charge is 0.345 e. The molecule has 0 saturated heterocycles. The molecule has 1 heterocycles. The summed E-state index contributed by atoms with van der Waals surface area (Å²) in [4.78, 5) is 29.9. The molecular formula is C23H24N4O3S. The van der Waals surface area contributed by atoms with Crippen molar-refractivity contribution >= 4 is 29.3 Å². The molecule has 1 aliphatic rings. The maximum atomic E-state index is 12.9. The lowest BCUT2D eigenvalue weighted by atomic mass is 10.1. The van der Waals surface area contributed by atoms with Gasteiger partial charge >= 0.3 is 0 Å². The van der Waals surface area contributed by atoms with E-state index in [2.05, 4.69) is 20.8 Å². The summed E-state index contributed by atoms with van der Waals surface area (Å²) >= 11 is 1.49. The topological polar surface area (TPSA) is 97.1 Å². The molecule has 0 aliphatic heterocycles. The fourth-order valence-corrected chi connectivity index (χ4v) is 4.02. The molecule has 160 valence electrons. The molecule has 4 rings (SSSR count). The van der Waals surface area contributed by atoms with Crippen molar-refractivity contribution in [2.24, 2.45) is 5.92 Å². The number of nitrogens with zero attached hydrogens (tertiary/aromatic N) is 2. The third-order valence-electron chi connectivity index (χ3n) is 5.03. The molecule has 0 spiro atoms. The molecule has 1 aromatic heterocycles. The van der Waals surface area contributed by atoms with Crippen molar-refractivity contribution in [3.05, 3.63) is 71.4 Å². The summed E-state index contributed by atoms with van der Waals surface area (Å²) in [6.45, 7) is 3.69. The molecular weight excluding hydrogens is 412 g/mol. The predicted octanol–water partition coefficient (Wildman–Crippen LogP) is 4.51. The number of aryl methyl sites for hydroxylation is 1. The van der Waals surface area contributed by atoms with Crippen LogP contribution in [0.5, 0.6) is 0 Å². The molecule has 31 heavy (non-hydrogen) atoms. The minimum absolute atomic E-state index is 0.0826. The van der Waals surface area contributed by atoms with Crippen molar-refractivity contribution in [1.82, 2.24) is 15.5 Å². The summed E-state index contributed by atoms with van der Waals surface area (Å²) in [6, 6.07) is 14.9. The average Bonchev–Trinajstić information content (AvgIpc) is 3.54. The van der Waals surface area contributed by atoms with Crippen LogP contribution in [0, 0.1) is 12.8 Å². The number of aromatic nitrogens is 2. The highest BCUT2D eigenvalue weighted by molar-refractivity contribution is 7.98. The zero-order chi connectivity index (χ0) is 21.8. The number of hydrogen-bond donors (Lipinski definition) is 2. The minimum atomic E-state index is -0.182. The highest BCUT2D eigenvalue weighted by atomic mass is 32.2. The van der Waals surface area contributed by atoms with Gasteiger partial charge in [0.2, 0.25) is 11.8 Å². The Morgan fingerprint density at radius 3 is 2.58 bits per heavy atom. The predicted molar refractivity (Wildman–Crippen MR) is 119 cm³/mol. The van der Waals surface area contributed by atoms with E-state index in [1.165, 1.54) is 11.8 Å². The highest BCUT2D eigenvalue weighted by Crippen LogP contribution is 2.30. The lowest BCUT2D eigenvalue weighted by Crippen LogP contribution is -2.27. The first kappa shape index (κ1) is 21.1. The molecule has 0 radical (unpaired) electrons. The number of carbonyl (C=O) groups excluding carboxylic acids is 2. The van der Waals surface area contributed by atoms with Gasteiger partial charge in [-0.3, -0.25) is 9.59 Å². The van der Waals surface area contributed by atoms with Crippen LogP contribution in [0.4, 0.5) is 5.69 Å². The smallest absolute Gasteiger partial charge is 0.252 e. The van der Waals surface area contributed by atoms with Gasteiger partial charge in [-0.1, -0.05) is 29.4 Å². The molecule has 2 N–H and O–H groups in total. The van der Waals surface area contributed by atoms with E-state index >= 15 is 0 Å². The lowest BCUT2D eigenvalue weighted by Gasteiger charge is -2.16. The van der Waals surface area contributed by atoms with Gasteiger partial charge in [-0.2, -0.15) is 4.98 Å². The second kappa shape index (κ2) is 9.34. The second-order valence-electron chi connectivity index (χ2n) is 7.60. The number of benzene rings is 2. The Bertz CT molecular complexity index is 1080. The summed E-state index contributed by atoms with van der Waals surface area (Å²) in [5, 5.41) is 9.88. The zero-order valence-electron chi connectivity index (χ0n) is 17.4. The average molecular weight is 437 g/mol. The van der Waals surface area contributed by atoms with Crippen LogP contribution in [0.2, 0.25) is 0 Å². The number of hydrogen-bond acceptors (Lipinski definition) is 6. The molecule has 8 heteroatoms. The maximum Gasteiger partial charge on any atom is 0.252 e. The number of amides is 2.